The molecule has 3 fully saturated rings. The summed E-state index contributed by atoms with van der Waals surface area (Å²) < 4.78 is 18.4. The average Bonchev–Trinajstić information content (AvgIpc) is 3.49. The molecule has 3 aliphatic rings. The average molecular weight is 437 g/mol. The monoisotopic (exact) mass is 436 g/mol. The molecule has 0 amide bonds. The van der Waals surface area contributed by atoms with Gasteiger partial charge >= 0.3 is 0 Å². The Balaban J connectivity index is 1.28. The van der Waals surface area contributed by atoms with E-state index >= 15 is 0 Å². The Morgan fingerprint density at radius 1 is 1.16 bits per heavy atom. The third kappa shape index (κ3) is 4.02. The van der Waals surface area contributed by atoms with E-state index in [1.54, 1.807) is 20.5 Å². The topological polar surface area (TPSA) is 64.7 Å². The highest BCUT2D eigenvalue weighted by molar-refractivity contribution is 5.64. The number of nitrogens with zero attached hydrogens (tertiary/aromatic N) is 3. The van der Waals surface area contributed by atoms with Crippen LogP contribution in [0.4, 0.5) is 0 Å². The van der Waals surface area contributed by atoms with Crippen LogP contribution in [0.1, 0.15) is 30.2 Å². The summed E-state index contributed by atoms with van der Waals surface area (Å²) >= 11 is 0. The second-order valence-corrected chi connectivity index (χ2v) is 8.90. The fraction of sp³-hybridized carbons (Fsp3) is 0.480. The Morgan fingerprint density at radius 3 is 2.75 bits per heavy atom. The highest BCUT2D eigenvalue weighted by atomic mass is 16.5. The number of furan rings is 1. The van der Waals surface area contributed by atoms with E-state index in [0.29, 0.717) is 17.9 Å². The van der Waals surface area contributed by atoms with Crippen molar-refractivity contribution in [1.82, 2.24) is 20.0 Å². The van der Waals surface area contributed by atoms with E-state index < -0.39 is 0 Å². The molecular weight excluding hydrogens is 404 g/mol. The van der Waals surface area contributed by atoms with Crippen molar-refractivity contribution in [2.24, 2.45) is 13.0 Å². The Morgan fingerprint density at radius 2 is 2.03 bits per heavy atom. The molecule has 170 valence electrons. The number of ether oxygens (including phenoxy) is 2. The molecule has 0 aliphatic carbocycles. The van der Waals surface area contributed by atoms with Crippen LogP contribution in [0.15, 0.2) is 47.1 Å². The summed E-state index contributed by atoms with van der Waals surface area (Å²) in [6, 6.07) is 12.8. The quantitative estimate of drug-likeness (QED) is 0.581. The molecule has 4 unspecified atom stereocenters. The number of fused-ring (bicyclic) bond motifs is 3. The fourth-order valence-corrected chi connectivity index (χ4v) is 5.43. The van der Waals surface area contributed by atoms with Crippen molar-refractivity contribution >= 4 is 0 Å². The summed E-state index contributed by atoms with van der Waals surface area (Å²) in [6.45, 7) is 4.09. The predicted molar refractivity (Wildman–Crippen MR) is 123 cm³/mol. The van der Waals surface area contributed by atoms with Gasteiger partial charge in [0.15, 0.2) is 11.5 Å². The molecule has 7 nitrogen and oxygen atoms in total. The summed E-state index contributed by atoms with van der Waals surface area (Å²) in [6.07, 6.45) is 4.22. The van der Waals surface area contributed by atoms with Gasteiger partial charge in [-0.2, -0.15) is 5.10 Å². The number of benzene rings is 1. The molecule has 3 aromatic rings. The number of piperidine rings is 3. The van der Waals surface area contributed by atoms with Gasteiger partial charge in [-0.25, -0.2) is 0 Å². The van der Waals surface area contributed by atoms with Gasteiger partial charge in [0.25, 0.3) is 0 Å². The van der Waals surface area contributed by atoms with Gasteiger partial charge in [0.2, 0.25) is 0 Å². The first-order chi connectivity index (χ1) is 15.7. The maximum absolute atomic E-state index is 5.48. The van der Waals surface area contributed by atoms with Crippen molar-refractivity contribution in [3.8, 4) is 22.8 Å². The van der Waals surface area contributed by atoms with Gasteiger partial charge in [-0.3, -0.25) is 9.58 Å². The van der Waals surface area contributed by atoms with Crippen LogP contribution in [0, 0.1) is 5.92 Å². The van der Waals surface area contributed by atoms with E-state index in [-0.39, 0.29) is 0 Å². The number of hydrogen-bond donors (Lipinski definition) is 1. The lowest BCUT2D eigenvalue weighted by atomic mass is 9.74. The van der Waals surface area contributed by atoms with Crippen LogP contribution in [-0.4, -0.2) is 54.6 Å². The van der Waals surface area contributed by atoms with Gasteiger partial charge in [-0.05, 0) is 61.7 Å². The van der Waals surface area contributed by atoms with Gasteiger partial charge in [0, 0.05) is 43.4 Å². The summed E-state index contributed by atoms with van der Waals surface area (Å²) in [5, 5.41) is 8.43. The summed E-state index contributed by atoms with van der Waals surface area (Å²) in [7, 11) is 5.39. The molecule has 3 saturated heterocycles. The van der Waals surface area contributed by atoms with Crippen LogP contribution >= 0.6 is 0 Å². The van der Waals surface area contributed by atoms with E-state index in [0.717, 1.165) is 48.2 Å². The van der Waals surface area contributed by atoms with Gasteiger partial charge < -0.3 is 19.2 Å². The summed E-state index contributed by atoms with van der Waals surface area (Å²) in [5.41, 5.74) is 3.36. The minimum atomic E-state index is 0.525. The zero-order valence-corrected chi connectivity index (χ0v) is 19.1. The molecule has 2 aromatic heterocycles. The fourth-order valence-electron chi connectivity index (χ4n) is 5.43. The highest BCUT2D eigenvalue weighted by Crippen LogP contribution is 2.42. The molecule has 32 heavy (non-hydrogen) atoms. The maximum atomic E-state index is 5.48. The Hall–Kier alpha value is -2.77. The van der Waals surface area contributed by atoms with E-state index in [9.17, 15) is 0 Å². The smallest absolute Gasteiger partial charge is 0.161 e. The van der Waals surface area contributed by atoms with Crippen molar-refractivity contribution in [3.05, 3.63) is 54.1 Å². The minimum Gasteiger partial charge on any atom is -0.493 e. The number of hydrogen-bond acceptors (Lipinski definition) is 6. The zero-order chi connectivity index (χ0) is 22.1. The summed E-state index contributed by atoms with van der Waals surface area (Å²) in [4.78, 5) is 2.66. The Kier molecular flexibility index (Phi) is 5.93. The number of aryl methyl sites for hydroxylation is 1. The second kappa shape index (κ2) is 9.00. The molecule has 1 N–H and O–H groups in total. The number of nitrogens with one attached hydrogen (secondary N) is 1. The minimum absolute atomic E-state index is 0.525. The van der Waals surface area contributed by atoms with Gasteiger partial charge in [-0.1, -0.05) is 0 Å². The first-order valence-electron chi connectivity index (χ1n) is 11.4. The van der Waals surface area contributed by atoms with E-state index in [4.69, 9.17) is 19.0 Å². The molecule has 7 heteroatoms. The third-order valence-electron chi connectivity index (χ3n) is 7.11. The number of methoxy groups -OCH3 is 2. The van der Waals surface area contributed by atoms with E-state index in [1.807, 2.05) is 30.3 Å². The molecule has 0 saturated carbocycles. The second-order valence-electron chi connectivity index (χ2n) is 8.90. The van der Waals surface area contributed by atoms with Gasteiger partial charge in [0.05, 0.1) is 32.7 Å². The van der Waals surface area contributed by atoms with Crippen LogP contribution in [0.5, 0.6) is 11.5 Å². The maximum Gasteiger partial charge on any atom is 0.161 e. The molecule has 0 radical (unpaired) electrons. The number of aromatic nitrogens is 2. The van der Waals surface area contributed by atoms with E-state index in [2.05, 4.69) is 28.0 Å². The van der Waals surface area contributed by atoms with Crippen LogP contribution in [0.2, 0.25) is 0 Å². The van der Waals surface area contributed by atoms with E-state index in [1.165, 1.54) is 25.1 Å². The summed E-state index contributed by atoms with van der Waals surface area (Å²) in [5.74, 6) is 3.68. The van der Waals surface area contributed by atoms with Crippen molar-refractivity contribution < 1.29 is 13.9 Å². The lowest BCUT2D eigenvalue weighted by Gasteiger charge is -2.50. The van der Waals surface area contributed by atoms with Crippen molar-refractivity contribution in [3.63, 3.8) is 0 Å². The lowest BCUT2D eigenvalue weighted by molar-refractivity contribution is 0.0280. The Bertz CT molecular complexity index is 1050. The largest absolute Gasteiger partial charge is 0.493 e. The Labute approximate surface area is 189 Å². The van der Waals surface area contributed by atoms with Crippen LogP contribution in [0.3, 0.4) is 0 Å². The van der Waals surface area contributed by atoms with Gasteiger partial charge in [-0.15, -0.1) is 0 Å². The molecular formula is C25H32N4O3. The van der Waals surface area contributed by atoms with Crippen molar-refractivity contribution in [1.29, 1.82) is 0 Å². The molecule has 0 spiro atoms. The lowest BCUT2D eigenvalue weighted by Crippen LogP contribution is -2.55. The van der Waals surface area contributed by atoms with Crippen LogP contribution in [-0.2, 0) is 13.6 Å². The first kappa shape index (κ1) is 21.1. The molecule has 3 aliphatic heterocycles. The molecule has 2 bridgehead atoms. The highest BCUT2D eigenvalue weighted by Gasteiger charge is 2.41. The molecule has 4 atom stereocenters. The third-order valence-corrected chi connectivity index (χ3v) is 7.11. The molecule has 5 heterocycles. The van der Waals surface area contributed by atoms with Crippen molar-refractivity contribution in [2.75, 3.05) is 33.9 Å². The molecule has 1 aromatic carbocycles. The molecule has 6 rings (SSSR count). The normalized spacial score (nSPS) is 24.6. The standard InChI is InChI=1S/C25H32N4O3/c1-28-23(13-22(27-28)18-6-7-24(30-2)25(12-18)31-3)21-16-29-9-8-17(21)11-19(29)14-26-15-20-5-4-10-32-20/h4-7,10,12-13,17,19,21,26H,8-9,11,14-16H2,1-3H3. The zero-order valence-electron chi connectivity index (χ0n) is 19.1. The SMILES string of the molecule is COc1ccc(-c2cc(C3CN4CCC3CC4CNCc3ccco3)n(C)n2)cc1OC. The first-order valence-corrected chi connectivity index (χ1v) is 11.4. The van der Waals surface area contributed by atoms with Crippen LogP contribution < -0.4 is 14.8 Å². The predicted octanol–water partition coefficient (Wildman–Crippen LogP) is 3.66. The van der Waals surface area contributed by atoms with Gasteiger partial charge in [0.1, 0.15) is 5.76 Å². The van der Waals surface area contributed by atoms with Crippen molar-refractivity contribution in [2.45, 2.75) is 31.3 Å². The van der Waals surface area contributed by atoms with Crippen LogP contribution in [0.25, 0.3) is 11.3 Å². The number of rotatable bonds is 8.